The zero-order valence-corrected chi connectivity index (χ0v) is 21.6. The number of carbonyl (C=O) groups is 2. The first-order valence-electron chi connectivity index (χ1n) is 12.6. The lowest BCUT2D eigenvalue weighted by Crippen LogP contribution is -2.37. The first-order valence-corrected chi connectivity index (χ1v) is 12.6. The maximum atomic E-state index is 13.3. The fourth-order valence-electron chi connectivity index (χ4n) is 4.95. The maximum absolute atomic E-state index is 13.3. The zero-order valence-electron chi connectivity index (χ0n) is 21.6. The van der Waals surface area contributed by atoms with E-state index < -0.39 is 11.6 Å². The quantitative estimate of drug-likeness (QED) is 0.414. The van der Waals surface area contributed by atoms with Gasteiger partial charge in [0.05, 0.1) is 0 Å². The van der Waals surface area contributed by atoms with Crippen molar-refractivity contribution in [3.8, 4) is 5.75 Å². The Balaban J connectivity index is 1.47. The Labute approximate surface area is 213 Å². The van der Waals surface area contributed by atoms with Gasteiger partial charge in [-0.2, -0.15) is 0 Å². The number of carboxylic acid groups (broad SMARTS) is 1. The van der Waals surface area contributed by atoms with E-state index in [1.54, 1.807) is 6.07 Å². The molecule has 1 aliphatic rings. The molecule has 0 fully saturated rings. The van der Waals surface area contributed by atoms with Crippen LogP contribution < -0.4 is 4.74 Å². The second-order valence-corrected chi connectivity index (χ2v) is 10.4. The van der Waals surface area contributed by atoms with Gasteiger partial charge in [-0.15, -0.1) is 0 Å². The number of amides is 1. The van der Waals surface area contributed by atoms with E-state index in [4.69, 9.17) is 4.74 Å². The molecule has 1 amide bonds. The van der Waals surface area contributed by atoms with Gasteiger partial charge in [-0.25, -0.2) is 0 Å². The molecule has 3 aromatic carbocycles. The molecule has 5 heteroatoms. The van der Waals surface area contributed by atoms with Crippen LogP contribution >= 0.6 is 0 Å². The van der Waals surface area contributed by atoms with E-state index in [0.29, 0.717) is 30.9 Å². The van der Waals surface area contributed by atoms with Crippen LogP contribution in [0.3, 0.4) is 0 Å². The van der Waals surface area contributed by atoms with Gasteiger partial charge in [0.1, 0.15) is 17.9 Å². The molecule has 1 N–H and O–H groups in total. The average Bonchev–Trinajstić information content (AvgIpc) is 3.17. The smallest absolute Gasteiger partial charge is 0.323 e. The fourth-order valence-corrected chi connectivity index (χ4v) is 4.95. The summed E-state index contributed by atoms with van der Waals surface area (Å²) >= 11 is 0. The largest absolute Gasteiger partial charge is 0.487 e. The van der Waals surface area contributed by atoms with Crippen molar-refractivity contribution in [1.29, 1.82) is 0 Å². The number of aryl methyl sites for hydroxylation is 1. The SMILES string of the molecule is Cc1ccccc1CCN(CC(=O)O)C(=O)c1ccc2c(c1)CC(C)(Cc1ccc(C(C)C)cc1)O2. The fraction of sp³-hybridized carbons (Fsp3) is 0.355. The Kier molecular flexibility index (Phi) is 7.48. The number of rotatable bonds is 9. The van der Waals surface area contributed by atoms with Crippen LogP contribution in [0.15, 0.2) is 66.7 Å². The molecule has 5 nitrogen and oxygen atoms in total. The normalized spacial score (nSPS) is 16.5. The standard InChI is InChI=1S/C31H35NO4/c1-21(2)24-11-9-23(10-12-24)18-31(4)19-27-17-26(13-14-28(27)36-31)30(35)32(20-29(33)34)16-15-25-8-6-5-7-22(25)3/h5-14,17,21H,15-16,18-20H2,1-4H3,(H,33,34). The summed E-state index contributed by atoms with van der Waals surface area (Å²) in [5, 5.41) is 9.43. The lowest BCUT2D eigenvalue weighted by atomic mass is 9.90. The molecule has 4 rings (SSSR count). The molecule has 0 aromatic heterocycles. The van der Waals surface area contributed by atoms with Crippen molar-refractivity contribution < 1.29 is 19.4 Å². The minimum atomic E-state index is -1.02. The van der Waals surface area contributed by atoms with E-state index in [9.17, 15) is 14.7 Å². The predicted molar refractivity (Wildman–Crippen MR) is 142 cm³/mol. The van der Waals surface area contributed by atoms with Gasteiger partial charge in [-0.3, -0.25) is 9.59 Å². The highest BCUT2D eigenvalue weighted by Gasteiger charge is 2.35. The van der Waals surface area contributed by atoms with Crippen molar-refractivity contribution in [2.24, 2.45) is 0 Å². The lowest BCUT2D eigenvalue weighted by molar-refractivity contribution is -0.137. The molecule has 188 valence electrons. The second-order valence-electron chi connectivity index (χ2n) is 10.4. The van der Waals surface area contributed by atoms with Crippen LogP contribution in [0.4, 0.5) is 0 Å². The Morgan fingerprint density at radius 3 is 2.44 bits per heavy atom. The van der Waals surface area contributed by atoms with Crippen molar-refractivity contribution in [3.05, 3.63) is 100 Å². The molecule has 1 unspecified atom stereocenters. The molecule has 0 saturated carbocycles. The molecule has 0 aliphatic carbocycles. The number of benzene rings is 3. The van der Waals surface area contributed by atoms with E-state index >= 15 is 0 Å². The van der Waals surface area contributed by atoms with Gasteiger partial charge in [0.2, 0.25) is 0 Å². The number of nitrogens with zero attached hydrogens (tertiary/aromatic N) is 1. The molecule has 36 heavy (non-hydrogen) atoms. The van der Waals surface area contributed by atoms with E-state index in [0.717, 1.165) is 28.9 Å². The van der Waals surface area contributed by atoms with Crippen LogP contribution in [0.1, 0.15) is 64.9 Å². The highest BCUT2D eigenvalue weighted by atomic mass is 16.5. The molecule has 3 aromatic rings. The molecule has 0 radical (unpaired) electrons. The van der Waals surface area contributed by atoms with Crippen LogP contribution in [0.5, 0.6) is 5.75 Å². The summed E-state index contributed by atoms with van der Waals surface area (Å²) < 4.78 is 6.34. The van der Waals surface area contributed by atoms with Gasteiger partial charge >= 0.3 is 5.97 Å². The Morgan fingerprint density at radius 2 is 1.78 bits per heavy atom. The summed E-state index contributed by atoms with van der Waals surface area (Å²) in [6, 6.07) is 22.1. The van der Waals surface area contributed by atoms with Crippen LogP contribution in [-0.4, -0.2) is 40.6 Å². The molecule has 1 atom stereocenters. The third-order valence-electron chi connectivity index (χ3n) is 6.98. The Bertz CT molecular complexity index is 1250. The van der Waals surface area contributed by atoms with Crippen LogP contribution in [-0.2, 0) is 24.1 Å². The highest BCUT2D eigenvalue weighted by molar-refractivity contribution is 5.96. The number of ether oxygens (including phenoxy) is 1. The van der Waals surface area contributed by atoms with Crippen molar-refractivity contribution in [2.45, 2.75) is 58.5 Å². The van der Waals surface area contributed by atoms with E-state index in [1.807, 2.05) is 43.3 Å². The van der Waals surface area contributed by atoms with Gasteiger partial charge in [-0.05, 0) is 72.2 Å². The minimum absolute atomic E-state index is 0.272. The predicted octanol–water partition coefficient (Wildman–Crippen LogP) is 5.82. The molecule has 0 bridgehead atoms. The highest BCUT2D eigenvalue weighted by Crippen LogP contribution is 2.38. The number of aliphatic carboxylic acids is 1. The number of carboxylic acids is 1. The van der Waals surface area contributed by atoms with Crippen LogP contribution in [0, 0.1) is 6.92 Å². The van der Waals surface area contributed by atoms with E-state index in [1.165, 1.54) is 16.0 Å². The molecular formula is C31H35NO4. The van der Waals surface area contributed by atoms with Crippen molar-refractivity contribution in [1.82, 2.24) is 4.90 Å². The van der Waals surface area contributed by atoms with Crippen LogP contribution in [0.25, 0.3) is 0 Å². The minimum Gasteiger partial charge on any atom is -0.487 e. The van der Waals surface area contributed by atoms with Crippen molar-refractivity contribution in [2.75, 3.05) is 13.1 Å². The van der Waals surface area contributed by atoms with E-state index in [-0.39, 0.29) is 12.5 Å². The van der Waals surface area contributed by atoms with Gasteiger partial charge in [0, 0.05) is 24.9 Å². The first-order chi connectivity index (χ1) is 17.1. The molecule has 1 aliphatic heterocycles. The monoisotopic (exact) mass is 485 g/mol. The van der Waals surface area contributed by atoms with Gasteiger partial charge in [0.15, 0.2) is 0 Å². The molecule has 0 saturated heterocycles. The topological polar surface area (TPSA) is 66.8 Å². The summed E-state index contributed by atoms with van der Waals surface area (Å²) in [6.07, 6.45) is 2.07. The number of hydrogen-bond acceptors (Lipinski definition) is 3. The molecular weight excluding hydrogens is 450 g/mol. The van der Waals surface area contributed by atoms with Crippen molar-refractivity contribution in [3.63, 3.8) is 0 Å². The summed E-state index contributed by atoms with van der Waals surface area (Å²) in [5.41, 5.74) is 5.86. The summed E-state index contributed by atoms with van der Waals surface area (Å²) in [7, 11) is 0. The number of hydrogen-bond donors (Lipinski definition) is 1. The number of fused-ring (bicyclic) bond motifs is 1. The Morgan fingerprint density at radius 1 is 1.06 bits per heavy atom. The first kappa shape index (κ1) is 25.5. The third-order valence-corrected chi connectivity index (χ3v) is 6.98. The summed E-state index contributed by atoms with van der Waals surface area (Å²) in [5.74, 6) is -0.00659. The maximum Gasteiger partial charge on any atom is 0.323 e. The lowest BCUT2D eigenvalue weighted by Gasteiger charge is -2.24. The zero-order chi connectivity index (χ0) is 25.9. The Hall–Kier alpha value is -3.60. The van der Waals surface area contributed by atoms with Gasteiger partial charge in [-0.1, -0.05) is 62.4 Å². The van der Waals surface area contributed by atoms with Gasteiger partial charge < -0.3 is 14.7 Å². The van der Waals surface area contributed by atoms with E-state index in [2.05, 4.69) is 45.0 Å². The second kappa shape index (κ2) is 10.6. The number of carbonyl (C=O) groups excluding carboxylic acids is 1. The average molecular weight is 486 g/mol. The molecule has 0 spiro atoms. The van der Waals surface area contributed by atoms with Crippen LogP contribution in [0.2, 0.25) is 0 Å². The molecule has 1 heterocycles. The third kappa shape index (κ3) is 5.96. The summed E-state index contributed by atoms with van der Waals surface area (Å²) in [6.45, 7) is 8.51. The van der Waals surface area contributed by atoms with Crippen molar-refractivity contribution >= 4 is 11.9 Å². The van der Waals surface area contributed by atoms with Gasteiger partial charge in [0.25, 0.3) is 5.91 Å². The summed E-state index contributed by atoms with van der Waals surface area (Å²) in [4.78, 5) is 26.3.